The van der Waals surface area contributed by atoms with Crippen molar-refractivity contribution in [2.24, 2.45) is 0 Å². The molecule has 1 aromatic carbocycles. The summed E-state index contributed by atoms with van der Waals surface area (Å²) in [5.41, 5.74) is 0. The molecule has 0 bridgehead atoms. The molecule has 0 heterocycles. The zero-order valence-corrected chi connectivity index (χ0v) is 11.9. The second-order valence-electron chi connectivity index (χ2n) is 3.85. The Kier molecular flexibility index (Phi) is 4.39. The molecule has 0 atom stereocenters. The second kappa shape index (κ2) is 5.13. The summed E-state index contributed by atoms with van der Waals surface area (Å²) in [6, 6.07) is 13.1. The van der Waals surface area contributed by atoms with Crippen LogP contribution in [0.15, 0.2) is 28.7 Å². The molecule has 0 aliphatic rings. The molecule has 2 heteroatoms. The number of hydrogen-bond donors (Lipinski definition) is 0. The Morgan fingerprint density at radius 1 is 0.929 bits per heavy atom. The van der Waals surface area contributed by atoms with Gasteiger partial charge < -0.3 is 0 Å². The largest absolute Gasteiger partial charge is 0.0859 e. The van der Waals surface area contributed by atoms with Crippen molar-refractivity contribution in [3.8, 4) is 0 Å². The third-order valence-electron chi connectivity index (χ3n) is 3.49. The highest BCUT2D eigenvalue weighted by atomic mass is 79.9. The maximum atomic E-state index is 3.49. The highest BCUT2D eigenvalue weighted by Gasteiger charge is 2.28. The molecule has 1 rings (SSSR count). The van der Waals surface area contributed by atoms with Crippen molar-refractivity contribution >= 4 is 29.2 Å². The van der Waals surface area contributed by atoms with E-state index < -0.39 is 8.07 Å². The average Bonchev–Trinajstić information content (AvgIpc) is 2.24. The van der Waals surface area contributed by atoms with Crippen LogP contribution >= 0.6 is 15.9 Å². The Balaban J connectivity index is 3.05. The van der Waals surface area contributed by atoms with Gasteiger partial charge in [-0.15, -0.1) is 0 Å². The van der Waals surface area contributed by atoms with Gasteiger partial charge in [-0.2, -0.15) is 0 Å². The van der Waals surface area contributed by atoms with Crippen LogP contribution in [0.2, 0.25) is 18.1 Å². The first-order valence-electron chi connectivity index (χ1n) is 5.44. The Hall–Kier alpha value is -0.0831. The van der Waals surface area contributed by atoms with Crippen LogP contribution < -0.4 is 5.19 Å². The molecule has 78 valence electrons. The van der Waals surface area contributed by atoms with Crippen molar-refractivity contribution in [3.05, 3.63) is 28.7 Å². The van der Waals surface area contributed by atoms with Crippen molar-refractivity contribution < 1.29 is 0 Å². The summed E-state index contributed by atoms with van der Waals surface area (Å²) in [5.74, 6) is 0. The van der Waals surface area contributed by atoms with Crippen LogP contribution in [0, 0.1) is 0 Å². The molecule has 0 amide bonds. The monoisotopic (exact) mass is 270 g/mol. The van der Waals surface area contributed by atoms with Gasteiger partial charge in [0.05, 0.1) is 8.07 Å². The van der Waals surface area contributed by atoms with Gasteiger partial charge in [-0.3, -0.25) is 0 Å². The smallest absolute Gasteiger partial charge is 0.0675 e. The summed E-state index contributed by atoms with van der Waals surface area (Å²) < 4.78 is 1.19. The van der Waals surface area contributed by atoms with Crippen LogP contribution in [0.3, 0.4) is 0 Å². The van der Waals surface area contributed by atoms with Crippen LogP contribution in [0.1, 0.15) is 20.8 Å². The topological polar surface area (TPSA) is 0 Å². The average molecular weight is 271 g/mol. The number of halogens is 1. The highest BCUT2D eigenvalue weighted by molar-refractivity contribution is 9.10. The van der Waals surface area contributed by atoms with Crippen molar-refractivity contribution in [3.63, 3.8) is 0 Å². The first-order chi connectivity index (χ1) is 6.68. The molecule has 0 saturated carbocycles. The fraction of sp³-hybridized carbons (Fsp3) is 0.500. The molecule has 0 aliphatic carbocycles. The summed E-state index contributed by atoms with van der Waals surface area (Å²) >= 11 is 3.49. The molecule has 0 radical (unpaired) electrons. The fourth-order valence-electron chi connectivity index (χ4n) is 2.17. The predicted octanol–water partition coefficient (Wildman–Crippen LogP) is 4.16. The molecule has 0 N–H and O–H groups in total. The van der Waals surface area contributed by atoms with Crippen LogP contribution in [0.25, 0.3) is 0 Å². The molecule has 14 heavy (non-hydrogen) atoms. The lowest BCUT2D eigenvalue weighted by Gasteiger charge is -2.28. The van der Waals surface area contributed by atoms with E-state index in [1.807, 2.05) is 0 Å². The number of hydrogen-bond acceptors (Lipinski definition) is 0. The van der Waals surface area contributed by atoms with Gasteiger partial charge in [0.2, 0.25) is 0 Å². The van der Waals surface area contributed by atoms with Gasteiger partial charge in [0.15, 0.2) is 0 Å². The molecule has 0 fully saturated rings. The van der Waals surface area contributed by atoms with E-state index >= 15 is 0 Å². The van der Waals surface area contributed by atoms with E-state index in [0.29, 0.717) is 0 Å². The minimum Gasteiger partial charge on any atom is -0.0675 e. The molecule has 0 spiro atoms. The molecule has 0 aromatic heterocycles. The summed E-state index contributed by atoms with van der Waals surface area (Å²) in [6.07, 6.45) is 0. The van der Waals surface area contributed by atoms with Gasteiger partial charge in [0.25, 0.3) is 0 Å². The van der Waals surface area contributed by atoms with E-state index in [9.17, 15) is 0 Å². The fourth-order valence-corrected chi connectivity index (χ4v) is 6.03. The minimum atomic E-state index is -1.14. The standard InChI is InChI=1S/C12H19BrSi/c1-4-14(5-2,6-3)12-9-7-11(13)8-10-12/h7-10H,4-6H2,1-3H3. The van der Waals surface area contributed by atoms with Gasteiger partial charge in [-0.25, -0.2) is 0 Å². The molecule has 0 unspecified atom stereocenters. The second-order valence-corrected chi connectivity index (χ2v) is 10.0. The zero-order chi connectivity index (χ0) is 10.6. The molecule has 0 nitrogen and oxygen atoms in total. The van der Waals surface area contributed by atoms with Gasteiger partial charge in [0, 0.05) is 4.47 Å². The Morgan fingerprint density at radius 2 is 1.36 bits per heavy atom. The number of benzene rings is 1. The third-order valence-corrected chi connectivity index (χ3v) is 9.63. The normalized spacial score (nSPS) is 11.7. The Labute approximate surface area is 96.9 Å². The van der Waals surface area contributed by atoms with Crippen molar-refractivity contribution in [2.75, 3.05) is 0 Å². The first kappa shape index (κ1) is 12.0. The lowest BCUT2D eigenvalue weighted by atomic mass is 10.4. The SMILES string of the molecule is CC[Si](CC)(CC)c1ccc(Br)cc1. The van der Waals surface area contributed by atoms with Crippen LogP contribution in [-0.4, -0.2) is 8.07 Å². The maximum Gasteiger partial charge on any atom is 0.0859 e. The van der Waals surface area contributed by atoms with Crippen LogP contribution in [0.5, 0.6) is 0 Å². The molecule has 0 aliphatic heterocycles. The Morgan fingerprint density at radius 3 is 1.71 bits per heavy atom. The Bertz CT molecular complexity index is 267. The van der Waals surface area contributed by atoms with Crippen molar-refractivity contribution in [1.82, 2.24) is 0 Å². The van der Waals surface area contributed by atoms with E-state index in [2.05, 4.69) is 61.0 Å². The van der Waals surface area contributed by atoms with E-state index in [4.69, 9.17) is 0 Å². The van der Waals surface area contributed by atoms with Crippen molar-refractivity contribution in [1.29, 1.82) is 0 Å². The molecular formula is C12H19BrSi. The summed E-state index contributed by atoms with van der Waals surface area (Å²) in [5, 5.41) is 1.62. The van der Waals surface area contributed by atoms with E-state index in [1.165, 1.54) is 22.6 Å². The lowest BCUT2D eigenvalue weighted by molar-refractivity contribution is 1.19. The number of rotatable bonds is 4. The quantitative estimate of drug-likeness (QED) is 0.721. The first-order valence-corrected chi connectivity index (χ1v) is 8.86. The maximum absolute atomic E-state index is 3.49. The van der Waals surface area contributed by atoms with Gasteiger partial charge in [0.1, 0.15) is 0 Å². The highest BCUT2D eigenvalue weighted by Crippen LogP contribution is 2.20. The van der Waals surface area contributed by atoms with Crippen molar-refractivity contribution in [2.45, 2.75) is 38.9 Å². The van der Waals surface area contributed by atoms with E-state index in [1.54, 1.807) is 5.19 Å². The third kappa shape index (κ3) is 2.29. The van der Waals surface area contributed by atoms with Gasteiger partial charge in [-0.05, 0) is 12.1 Å². The summed E-state index contributed by atoms with van der Waals surface area (Å²) in [7, 11) is -1.14. The summed E-state index contributed by atoms with van der Waals surface area (Å²) in [6.45, 7) is 7.05. The van der Waals surface area contributed by atoms with Crippen LogP contribution in [-0.2, 0) is 0 Å². The molecule has 0 saturated heterocycles. The molecule has 1 aromatic rings. The van der Waals surface area contributed by atoms with Crippen LogP contribution in [0.4, 0.5) is 0 Å². The van der Waals surface area contributed by atoms with E-state index in [0.717, 1.165) is 0 Å². The predicted molar refractivity (Wildman–Crippen MR) is 71.0 cm³/mol. The van der Waals surface area contributed by atoms with Gasteiger partial charge >= 0.3 is 0 Å². The minimum absolute atomic E-state index is 1.14. The van der Waals surface area contributed by atoms with Gasteiger partial charge in [-0.1, -0.05) is 72.2 Å². The zero-order valence-electron chi connectivity index (χ0n) is 9.31. The lowest BCUT2D eigenvalue weighted by Crippen LogP contribution is -2.45. The van der Waals surface area contributed by atoms with E-state index in [-0.39, 0.29) is 0 Å². The molecular weight excluding hydrogens is 252 g/mol. The summed E-state index contributed by atoms with van der Waals surface area (Å²) in [4.78, 5) is 0.